The van der Waals surface area contributed by atoms with Gasteiger partial charge in [-0.15, -0.1) is 11.3 Å². The Balaban J connectivity index is 2.04. The van der Waals surface area contributed by atoms with Crippen molar-refractivity contribution in [2.45, 2.75) is 26.4 Å². The van der Waals surface area contributed by atoms with Crippen molar-refractivity contribution in [3.63, 3.8) is 0 Å². The molecule has 96 valence electrons. The number of benzene rings is 1. The highest BCUT2D eigenvalue weighted by Gasteiger charge is 2.07. The van der Waals surface area contributed by atoms with Crippen molar-refractivity contribution in [2.75, 3.05) is 0 Å². The quantitative estimate of drug-likeness (QED) is 0.753. The van der Waals surface area contributed by atoms with Crippen LogP contribution in [0.15, 0.2) is 28.1 Å². The summed E-state index contributed by atoms with van der Waals surface area (Å²) in [5, 5.41) is 3.77. The first kappa shape index (κ1) is 13.8. The number of halogens is 2. The molecule has 2 aromatic rings. The van der Waals surface area contributed by atoms with Crippen molar-refractivity contribution in [2.24, 2.45) is 0 Å². The van der Waals surface area contributed by atoms with Crippen molar-refractivity contribution in [3.8, 4) is 5.75 Å². The van der Waals surface area contributed by atoms with Crippen molar-refractivity contribution < 1.29 is 4.74 Å². The SMILES string of the molecule is CC(C)c1nc(COc2cc(Br)ccc2Cl)cs1. The van der Waals surface area contributed by atoms with Crippen molar-refractivity contribution in [3.05, 3.63) is 43.8 Å². The summed E-state index contributed by atoms with van der Waals surface area (Å²) in [4.78, 5) is 4.52. The van der Waals surface area contributed by atoms with E-state index in [0.29, 0.717) is 23.3 Å². The zero-order chi connectivity index (χ0) is 13.1. The number of hydrogen-bond acceptors (Lipinski definition) is 3. The Morgan fingerprint density at radius 3 is 2.89 bits per heavy atom. The topological polar surface area (TPSA) is 22.1 Å². The minimum absolute atomic E-state index is 0.444. The number of thiazole rings is 1. The lowest BCUT2D eigenvalue weighted by molar-refractivity contribution is 0.302. The lowest BCUT2D eigenvalue weighted by Gasteiger charge is -2.06. The summed E-state index contributed by atoms with van der Waals surface area (Å²) < 4.78 is 6.63. The van der Waals surface area contributed by atoms with Gasteiger partial charge in [0.05, 0.1) is 15.7 Å². The molecule has 0 radical (unpaired) electrons. The first-order valence-electron chi connectivity index (χ1n) is 5.58. The van der Waals surface area contributed by atoms with Crippen molar-refractivity contribution in [1.82, 2.24) is 4.98 Å². The van der Waals surface area contributed by atoms with Gasteiger partial charge in [-0.05, 0) is 18.2 Å². The van der Waals surface area contributed by atoms with Gasteiger partial charge in [-0.3, -0.25) is 0 Å². The van der Waals surface area contributed by atoms with Crippen LogP contribution in [0, 0.1) is 0 Å². The Kier molecular flexibility index (Phi) is 4.65. The van der Waals surface area contributed by atoms with Gasteiger partial charge in [0, 0.05) is 15.8 Å². The smallest absolute Gasteiger partial charge is 0.139 e. The van der Waals surface area contributed by atoms with Crippen LogP contribution in [0.2, 0.25) is 5.02 Å². The van der Waals surface area contributed by atoms with E-state index in [1.165, 1.54) is 0 Å². The standard InChI is InChI=1S/C13H13BrClNOS/c1-8(2)13-16-10(7-18-13)6-17-12-5-9(14)3-4-11(12)15/h3-5,7-8H,6H2,1-2H3. The summed E-state index contributed by atoms with van der Waals surface area (Å²) in [5.41, 5.74) is 0.944. The third-order valence-corrected chi connectivity index (χ3v) is 4.33. The van der Waals surface area contributed by atoms with Crippen molar-refractivity contribution in [1.29, 1.82) is 0 Å². The van der Waals surface area contributed by atoms with Gasteiger partial charge in [0.25, 0.3) is 0 Å². The Morgan fingerprint density at radius 1 is 1.44 bits per heavy atom. The predicted octanol–water partition coefficient (Wildman–Crippen LogP) is 5.26. The van der Waals surface area contributed by atoms with Gasteiger partial charge in [-0.1, -0.05) is 41.4 Å². The molecule has 0 aliphatic carbocycles. The molecule has 0 aliphatic rings. The normalized spacial score (nSPS) is 10.9. The fraction of sp³-hybridized carbons (Fsp3) is 0.308. The van der Waals surface area contributed by atoms with E-state index in [2.05, 4.69) is 34.8 Å². The molecule has 1 aromatic heterocycles. The predicted molar refractivity (Wildman–Crippen MR) is 79.7 cm³/mol. The molecule has 0 spiro atoms. The van der Waals surface area contributed by atoms with E-state index in [4.69, 9.17) is 16.3 Å². The van der Waals surface area contributed by atoms with Crippen LogP contribution in [-0.2, 0) is 6.61 Å². The van der Waals surface area contributed by atoms with E-state index < -0.39 is 0 Å². The molecule has 2 nitrogen and oxygen atoms in total. The van der Waals surface area contributed by atoms with Gasteiger partial charge in [0.2, 0.25) is 0 Å². The van der Waals surface area contributed by atoms with Crippen LogP contribution in [0.1, 0.15) is 30.5 Å². The van der Waals surface area contributed by atoms with Crippen molar-refractivity contribution >= 4 is 38.9 Å². The molecule has 0 saturated heterocycles. The second-order valence-corrected chi connectivity index (χ2v) is 6.41. The third-order valence-electron chi connectivity index (χ3n) is 2.33. The van der Waals surface area contributed by atoms with Crippen LogP contribution < -0.4 is 4.74 Å². The summed E-state index contributed by atoms with van der Waals surface area (Å²) in [7, 11) is 0. The minimum Gasteiger partial charge on any atom is -0.486 e. The molecule has 0 atom stereocenters. The Bertz CT molecular complexity index is 542. The Hall–Kier alpha value is -0.580. The third kappa shape index (κ3) is 3.46. The molecular formula is C13H13BrClNOS. The summed E-state index contributed by atoms with van der Waals surface area (Å²) in [6.45, 7) is 4.71. The van der Waals surface area contributed by atoms with Gasteiger partial charge in [-0.2, -0.15) is 0 Å². The largest absolute Gasteiger partial charge is 0.486 e. The molecule has 0 unspecified atom stereocenters. The van der Waals surface area contributed by atoms with Gasteiger partial charge >= 0.3 is 0 Å². The van der Waals surface area contributed by atoms with Crippen LogP contribution in [-0.4, -0.2) is 4.98 Å². The molecule has 1 aromatic carbocycles. The van der Waals surface area contributed by atoms with E-state index >= 15 is 0 Å². The number of hydrogen-bond donors (Lipinski definition) is 0. The van der Waals surface area contributed by atoms with Crippen LogP contribution in [0.3, 0.4) is 0 Å². The highest BCUT2D eigenvalue weighted by Crippen LogP contribution is 2.29. The van der Waals surface area contributed by atoms with Crippen LogP contribution >= 0.6 is 38.9 Å². The molecule has 0 saturated carbocycles. The van der Waals surface area contributed by atoms with Gasteiger partial charge in [0.1, 0.15) is 12.4 Å². The maximum Gasteiger partial charge on any atom is 0.139 e. The van der Waals surface area contributed by atoms with E-state index in [9.17, 15) is 0 Å². The number of aromatic nitrogens is 1. The average molecular weight is 347 g/mol. The second-order valence-electron chi connectivity index (χ2n) is 4.20. The maximum atomic E-state index is 6.05. The lowest BCUT2D eigenvalue weighted by atomic mass is 10.2. The summed E-state index contributed by atoms with van der Waals surface area (Å²) in [6, 6.07) is 5.55. The molecule has 0 N–H and O–H groups in total. The van der Waals surface area contributed by atoms with Crippen LogP contribution in [0.4, 0.5) is 0 Å². The Labute approximate surface area is 124 Å². The molecule has 0 fully saturated rings. The monoisotopic (exact) mass is 345 g/mol. The molecule has 1 heterocycles. The lowest BCUT2D eigenvalue weighted by Crippen LogP contribution is -1.97. The number of rotatable bonds is 4. The second kappa shape index (κ2) is 6.04. The van der Waals surface area contributed by atoms with E-state index in [0.717, 1.165) is 15.2 Å². The average Bonchev–Trinajstić information content (AvgIpc) is 2.79. The fourth-order valence-corrected chi connectivity index (χ4v) is 2.73. The number of nitrogens with zero attached hydrogens (tertiary/aromatic N) is 1. The summed E-state index contributed by atoms with van der Waals surface area (Å²) in [5.74, 6) is 1.13. The van der Waals surface area contributed by atoms with Gasteiger partial charge in [0.15, 0.2) is 0 Å². The van der Waals surface area contributed by atoms with Gasteiger partial charge < -0.3 is 4.74 Å². The zero-order valence-corrected chi connectivity index (χ0v) is 13.3. The maximum absolute atomic E-state index is 6.05. The van der Waals surface area contributed by atoms with E-state index in [1.54, 1.807) is 11.3 Å². The molecule has 0 amide bonds. The molecule has 0 bridgehead atoms. The molecule has 18 heavy (non-hydrogen) atoms. The molecule has 2 rings (SSSR count). The first-order valence-corrected chi connectivity index (χ1v) is 7.63. The molecule has 5 heteroatoms. The minimum atomic E-state index is 0.444. The van der Waals surface area contributed by atoms with Crippen LogP contribution in [0.25, 0.3) is 0 Å². The van der Waals surface area contributed by atoms with Gasteiger partial charge in [-0.25, -0.2) is 4.98 Å². The Morgan fingerprint density at radius 2 is 2.22 bits per heavy atom. The highest BCUT2D eigenvalue weighted by molar-refractivity contribution is 9.10. The first-order chi connectivity index (χ1) is 8.56. The molecular weight excluding hydrogens is 334 g/mol. The van der Waals surface area contributed by atoms with E-state index in [-0.39, 0.29) is 0 Å². The summed E-state index contributed by atoms with van der Waals surface area (Å²) >= 11 is 11.1. The zero-order valence-electron chi connectivity index (χ0n) is 10.1. The highest BCUT2D eigenvalue weighted by atomic mass is 79.9. The van der Waals surface area contributed by atoms with E-state index in [1.807, 2.05) is 23.6 Å². The molecule has 0 aliphatic heterocycles. The fourth-order valence-electron chi connectivity index (χ4n) is 1.39. The summed E-state index contributed by atoms with van der Waals surface area (Å²) in [6.07, 6.45) is 0. The van der Waals surface area contributed by atoms with Crippen LogP contribution in [0.5, 0.6) is 5.75 Å². The number of ether oxygens (including phenoxy) is 1.